The molecule has 0 bridgehead atoms. The number of aromatic nitrogens is 7. The van der Waals surface area contributed by atoms with Gasteiger partial charge in [-0.05, 0) is 34.7 Å². The van der Waals surface area contributed by atoms with E-state index in [-0.39, 0.29) is 0 Å². The maximum atomic E-state index is 5.48. The van der Waals surface area contributed by atoms with Crippen molar-refractivity contribution in [2.24, 2.45) is 0 Å². The summed E-state index contributed by atoms with van der Waals surface area (Å²) in [5.41, 5.74) is 1.93. The second kappa shape index (κ2) is 5.06. The van der Waals surface area contributed by atoms with Gasteiger partial charge in [-0.3, -0.25) is 0 Å². The Hall–Kier alpha value is -2.61. The van der Waals surface area contributed by atoms with Gasteiger partial charge in [0.05, 0.1) is 18.9 Å². The molecule has 8 heteroatoms. The SMILES string of the molecule is c1cc(-n2cnnn2)ccc1-c1nnc2n1CCOCC2. The number of rotatable bonds is 2. The molecule has 21 heavy (non-hydrogen) atoms. The van der Waals surface area contributed by atoms with Crippen molar-refractivity contribution in [1.29, 1.82) is 0 Å². The van der Waals surface area contributed by atoms with E-state index in [9.17, 15) is 0 Å². The fourth-order valence-corrected chi connectivity index (χ4v) is 2.43. The number of benzene rings is 1. The normalized spacial score (nSPS) is 14.7. The molecule has 0 aliphatic carbocycles. The van der Waals surface area contributed by atoms with Crippen LogP contribution in [0.5, 0.6) is 0 Å². The summed E-state index contributed by atoms with van der Waals surface area (Å²) >= 11 is 0. The van der Waals surface area contributed by atoms with E-state index in [2.05, 4.69) is 30.3 Å². The van der Waals surface area contributed by atoms with Crippen molar-refractivity contribution in [2.75, 3.05) is 13.2 Å². The first-order chi connectivity index (χ1) is 10.4. The molecule has 0 amide bonds. The standard InChI is InChI=1S/C13H13N7O/c1-3-11(20-9-14-17-18-20)4-2-10(1)13-16-15-12-5-7-21-8-6-19(12)13/h1-4,9H,5-8H2. The first-order valence-electron chi connectivity index (χ1n) is 6.75. The van der Waals surface area contributed by atoms with E-state index in [0.29, 0.717) is 13.2 Å². The van der Waals surface area contributed by atoms with Crippen molar-refractivity contribution in [3.8, 4) is 17.1 Å². The highest BCUT2D eigenvalue weighted by Crippen LogP contribution is 2.21. The molecule has 0 spiro atoms. The van der Waals surface area contributed by atoms with Crippen LogP contribution in [0.3, 0.4) is 0 Å². The van der Waals surface area contributed by atoms with Crippen LogP contribution < -0.4 is 0 Å². The summed E-state index contributed by atoms with van der Waals surface area (Å²) in [6.45, 7) is 2.18. The van der Waals surface area contributed by atoms with Crippen LogP contribution >= 0.6 is 0 Å². The number of fused-ring (bicyclic) bond motifs is 1. The van der Waals surface area contributed by atoms with E-state index < -0.39 is 0 Å². The van der Waals surface area contributed by atoms with Gasteiger partial charge < -0.3 is 9.30 Å². The number of tetrazole rings is 1. The minimum absolute atomic E-state index is 0.695. The summed E-state index contributed by atoms with van der Waals surface area (Å²) in [6.07, 6.45) is 2.37. The lowest BCUT2D eigenvalue weighted by Gasteiger charge is -2.07. The minimum atomic E-state index is 0.695. The molecule has 1 aromatic carbocycles. The largest absolute Gasteiger partial charge is 0.379 e. The third-order valence-electron chi connectivity index (χ3n) is 3.50. The molecule has 0 N–H and O–H groups in total. The summed E-state index contributed by atoms with van der Waals surface area (Å²) in [5, 5.41) is 19.7. The van der Waals surface area contributed by atoms with Crippen LogP contribution in [-0.2, 0) is 17.7 Å². The first kappa shape index (κ1) is 12.2. The van der Waals surface area contributed by atoms with E-state index in [1.807, 2.05) is 24.3 Å². The molecule has 4 rings (SSSR count). The Kier molecular flexibility index (Phi) is 2.93. The first-order valence-corrected chi connectivity index (χ1v) is 6.75. The molecule has 3 heterocycles. The molecule has 0 saturated carbocycles. The topological polar surface area (TPSA) is 83.5 Å². The molecule has 1 aliphatic rings. The Bertz CT molecular complexity index is 732. The number of nitrogens with zero attached hydrogens (tertiary/aromatic N) is 7. The number of ether oxygens (including phenoxy) is 1. The fraction of sp³-hybridized carbons (Fsp3) is 0.308. The van der Waals surface area contributed by atoms with Crippen LogP contribution in [0.1, 0.15) is 5.82 Å². The summed E-state index contributed by atoms with van der Waals surface area (Å²) in [4.78, 5) is 0. The van der Waals surface area contributed by atoms with Crippen molar-refractivity contribution in [3.63, 3.8) is 0 Å². The second-order valence-corrected chi connectivity index (χ2v) is 4.76. The molecule has 8 nitrogen and oxygen atoms in total. The summed E-state index contributed by atoms with van der Waals surface area (Å²) in [7, 11) is 0. The second-order valence-electron chi connectivity index (χ2n) is 4.76. The Morgan fingerprint density at radius 2 is 1.95 bits per heavy atom. The van der Waals surface area contributed by atoms with Crippen molar-refractivity contribution in [1.82, 2.24) is 35.0 Å². The van der Waals surface area contributed by atoms with Gasteiger partial charge in [-0.1, -0.05) is 0 Å². The van der Waals surface area contributed by atoms with Gasteiger partial charge in [0, 0.05) is 18.5 Å². The fourth-order valence-electron chi connectivity index (χ4n) is 2.43. The Morgan fingerprint density at radius 1 is 1.05 bits per heavy atom. The van der Waals surface area contributed by atoms with Crippen molar-refractivity contribution in [3.05, 3.63) is 36.4 Å². The average Bonchev–Trinajstić information content (AvgIpc) is 3.13. The average molecular weight is 283 g/mol. The molecular weight excluding hydrogens is 270 g/mol. The van der Waals surface area contributed by atoms with Gasteiger partial charge in [-0.25, -0.2) is 4.68 Å². The van der Waals surface area contributed by atoms with Gasteiger partial charge in [0.15, 0.2) is 5.82 Å². The van der Waals surface area contributed by atoms with Gasteiger partial charge in [0.1, 0.15) is 12.2 Å². The molecule has 0 radical (unpaired) electrons. The van der Waals surface area contributed by atoms with Crippen molar-refractivity contribution >= 4 is 0 Å². The predicted molar refractivity (Wildman–Crippen MR) is 72.7 cm³/mol. The lowest BCUT2D eigenvalue weighted by atomic mass is 10.2. The van der Waals surface area contributed by atoms with Gasteiger partial charge in [0.25, 0.3) is 0 Å². The summed E-state index contributed by atoms with van der Waals surface area (Å²) in [5.74, 6) is 1.85. The van der Waals surface area contributed by atoms with Gasteiger partial charge in [-0.2, -0.15) is 0 Å². The lowest BCUT2D eigenvalue weighted by Crippen LogP contribution is -2.05. The van der Waals surface area contributed by atoms with E-state index in [0.717, 1.165) is 35.9 Å². The van der Waals surface area contributed by atoms with E-state index in [4.69, 9.17) is 4.74 Å². The van der Waals surface area contributed by atoms with Gasteiger partial charge >= 0.3 is 0 Å². The minimum Gasteiger partial charge on any atom is -0.379 e. The smallest absolute Gasteiger partial charge is 0.164 e. The maximum Gasteiger partial charge on any atom is 0.164 e. The zero-order valence-corrected chi connectivity index (χ0v) is 11.3. The molecule has 0 unspecified atom stereocenters. The molecule has 3 aromatic rings. The third-order valence-corrected chi connectivity index (χ3v) is 3.50. The van der Waals surface area contributed by atoms with Crippen LogP contribution in [-0.4, -0.2) is 48.2 Å². The van der Waals surface area contributed by atoms with Crippen LogP contribution in [0.2, 0.25) is 0 Å². The number of hydrogen-bond acceptors (Lipinski definition) is 6. The molecular formula is C13H13N7O. The molecule has 1 aliphatic heterocycles. The molecule has 2 aromatic heterocycles. The van der Waals surface area contributed by atoms with Crippen LogP contribution in [0.15, 0.2) is 30.6 Å². The monoisotopic (exact) mass is 283 g/mol. The lowest BCUT2D eigenvalue weighted by molar-refractivity contribution is 0.140. The number of hydrogen-bond donors (Lipinski definition) is 0. The molecule has 106 valence electrons. The van der Waals surface area contributed by atoms with Crippen molar-refractivity contribution < 1.29 is 4.74 Å². The van der Waals surface area contributed by atoms with Crippen LogP contribution in [0.4, 0.5) is 0 Å². The Labute approximate surface area is 120 Å². The molecule has 0 saturated heterocycles. The van der Waals surface area contributed by atoms with E-state index in [1.165, 1.54) is 0 Å². The maximum absolute atomic E-state index is 5.48. The summed E-state index contributed by atoms with van der Waals surface area (Å²) < 4.78 is 9.22. The van der Waals surface area contributed by atoms with E-state index >= 15 is 0 Å². The summed E-state index contributed by atoms with van der Waals surface area (Å²) in [6, 6.07) is 7.92. The Balaban J connectivity index is 1.69. The van der Waals surface area contributed by atoms with Gasteiger partial charge in [0.2, 0.25) is 0 Å². The Morgan fingerprint density at radius 3 is 2.76 bits per heavy atom. The molecule has 0 atom stereocenters. The molecule has 0 fully saturated rings. The quantitative estimate of drug-likeness (QED) is 0.680. The zero-order chi connectivity index (χ0) is 14.1. The van der Waals surface area contributed by atoms with E-state index in [1.54, 1.807) is 11.0 Å². The highest BCUT2D eigenvalue weighted by molar-refractivity contribution is 5.57. The van der Waals surface area contributed by atoms with Crippen LogP contribution in [0, 0.1) is 0 Å². The van der Waals surface area contributed by atoms with Crippen LogP contribution in [0.25, 0.3) is 17.1 Å². The van der Waals surface area contributed by atoms with Crippen molar-refractivity contribution in [2.45, 2.75) is 13.0 Å². The third kappa shape index (κ3) is 2.19. The highest BCUT2D eigenvalue weighted by Gasteiger charge is 2.16. The predicted octanol–water partition coefficient (Wildman–Crippen LogP) is 0.493. The van der Waals surface area contributed by atoms with Gasteiger partial charge in [-0.15, -0.1) is 15.3 Å². The highest BCUT2D eigenvalue weighted by atomic mass is 16.5. The zero-order valence-electron chi connectivity index (χ0n) is 11.3.